The summed E-state index contributed by atoms with van der Waals surface area (Å²) in [6.07, 6.45) is -4.61. The third-order valence-electron chi connectivity index (χ3n) is 3.53. The average molecular weight is 391 g/mol. The summed E-state index contributed by atoms with van der Waals surface area (Å²) < 4.78 is 63.5. The first kappa shape index (κ1) is 20.0. The molecule has 0 unspecified atom stereocenters. The van der Waals surface area contributed by atoms with Gasteiger partial charge in [0.1, 0.15) is 23.9 Å². The van der Waals surface area contributed by atoms with E-state index in [4.69, 9.17) is 21.1 Å². The van der Waals surface area contributed by atoms with Crippen LogP contribution in [0.25, 0.3) is 0 Å². The summed E-state index contributed by atoms with van der Waals surface area (Å²) in [6, 6.07) is 5.79. The van der Waals surface area contributed by atoms with Gasteiger partial charge in [0.05, 0.1) is 16.1 Å². The second-order valence-corrected chi connectivity index (χ2v) is 5.84. The Balaban J connectivity index is 2.35. The highest BCUT2D eigenvalue weighted by Crippen LogP contribution is 2.38. The summed E-state index contributed by atoms with van der Waals surface area (Å²) in [6.45, 7) is 2.38. The lowest BCUT2D eigenvalue weighted by Crippen LogP contribution is -2.12. The lowest BCUT2D eigenvalue weighted by Gasteiger charge is -2.17. The first-order chi connectivity index (χ1) is 12.1. The van der Waals surface area contributed by atoms with Crippen molar-refractivity contribution in [2.24, 2.45) is 0 Å². The molecule has 2 aromatic carbocycles. The van der Waals surface area contributed by atoms with Crippen LogP contribution in [0.15, 0.2) is 30.3 Å². The zero-order valence-corrected chi connectivity index (χ0v) is 14.7. The third kappa shape index (κ3) is 4.66. The van der Waals surface area contributed by atoms with Gasteiger partial charge in [-0.15, -0.1) is 0 Å². The van der Waals surface area contributed by atoms with Crippen LogP contribution in [0.3, 0.4) is 0 Å². The van der Waals surface area contributed by atoms with Gasteiger partial charge in [0.15, 0.2) is 0 Å². The van der Waals surface area contributed by atoms with Crippen LogP contribution < -0.4 is 9.47 Å². The molecule has 0 aliphatic rings. The summed E-state index contributed by atoms with van der Waals surface area (Å²) >= 11 is 6.04. The zero-order valence-electron chi connectivity index (χ0n) is 13.9. The molecule has 0 saturated heterocycles. The minimum atomic E-state index is -4.72. The van der Waals surface area contributed by atoms with Gasteiger partial charge in [0, 0.05) is 12.5 Å². The molecule has 26 heavy (non-hydrogen) atoms. The Morgan fingerprint density at radius 2 is 1.88 bits per heavy atom. The monoisotopic (exact) mass is 390 g/mol. The maximum Gasteiger partial charge on any atom is 0.419 e. The summed E-state index contributed by atoms with van der Waals surface area (Å²) in [7, 11) is 0. The van der Waals surface area contributed by atoms with E-state index >= 15 is 0 Å². The van der Waals surface area contributed by atoms with E-state index in [1.165, 1.54) is 25.1 Å². The zero-order chi connectivity index (χ0) is 19.5. The number of esters is 1. The second kappa shape index (κ2) is 7.95. The van der Waals surface area contributed by atoms with E-state index in [-0.39, 0.29) is 28.3 Å². The molecule has 0 radical (unpaired) electrons. The summed E-state index contributed by atoms with van der Waals surface area (Å²) in [5.41, 5.74) is -1.07. The molecule has 140 valence electrons. The number of rotatable bonds is 5. The van der Waals surface area contributed by atoms with Gasteiger partial charge in [-0.3, -0.25) is 4.79 Å². The molecular formula is C18H15ClF4O3. The SMILES string of the molecule is CCC(=O)Oc1cccc(Cl)c1COc1cc(F)c(C)cc1C(F)(F)F. The Morgan fingerprint density at radius 3 is 2.50 bits per heavy atom. The van der Waals surface area contributed by atoms with Crippen molar-refractivity contribution in [2.45, 2.75) is 33.1 Å². The lowest BCUT2D eigenvalue weighted by atomic mass is 10.1. The van der Waals surface area contributed by atoms with E-state index in [1.54, 1.807) is 6.92 Å². The fourth-order valence-corrected chi connectivity index (χ4v) is 2.34. The van der Waals surface area contributed by atoms with Gasteiger partial charge in [0.2, 0.25) is 0 Å². The van der Waals surface area contributed by atoms with Crippen LogP contribution >= 0.6 is 11.6 Å². The molecule has 0 amide bonds. The molecule has 0 heterocycles. The van der Waals surface area contributed by atoms with Gasteiger partial charge in [-0.2, -0.15) is 13.2 Å². The Morgan fingerprint density at radius 1 is 1.19 bits per heavy atom. The molecule has 0 bridgehead atoms. The largest absolute Gasteiger partial charge is 0.488 e. The van der Waals surface area contributed by atoms with Crippen LogP contribution in [-0.2, 0) is 17.6 Å². The maximum atomic E-state index is 13.7. The van der Waals surface area contributed by atoms with Crippen LogP contribution in [0.2, 0.25) is 5.02 Å². The van der Waals surface area contributed by atoms with Gasteiger partial charge in [0.25, 0.3) is 0 Å². The third-order valence-corrected chi connectivity index (χ3v) is 3.88. The molecule has 0 N–H and O–H groups in total. The molecule has 0 aromatic heterocycles. The number of carbonyl (C=O) groups excluding carboxylic acids is 1. The molecule has 2 rings (SSSR count). The Hall–Kier alpha value is -2.28. The summed E-state index contributed by atoms with van der Waals surface area (Å²) in [4.78, 5) is 11.5. The summed E-state index contributed by atoms with van der Waals surface area (Å²) in [5.74, 6) is -1.96. The number of benzene rings is 2. The van der Waals surface area contributed by atoms with Crippen molar-refractivity contribution in [3.05, 3.63) is 57.9 Å². The molecule has 8 heteroatoms. The van der Waals surface area contributed by atoms with Crippen molar-refractivity contribution in [3.63, 3.8) is 0 Å². The number of ether oxygens (including phenoxy) is 2. The highest BCUT2D eigenvalue weighted by Gasteiger charge is 2.35. The molecule has 0 fully saturated rings. The quantitative estimate of drug-likeness (QED) is 0.373. The standard InChI is InChI=1S/C18H15ClF4O3/c1-3-17(24)26-15-6-4-5-13(19)11(15)9-25-16-8-14(20)10(2)7-12(16)18(21,22)23/h4-8H,3,9H2,1-2H3. The Bertz CT molecular complexity index is 819. The van der Waals surface area contributed by atoms with E-state index in [9.17, 15) is 22.4 Å². The molecule has 2 aromatic rings. The number of hydrogen-bond acceptors (Lipinski definition) is 3. The molecular weight excluding hydrogens is 376 g/mol. The first-order valence-corrected chi connectivity index (χ1v) is 7.99. The van der Waals surface area contributed by atoms with Crippen LogP contribution in [0.1, 0.15) is 30.0 Å². The highest BCUT2D eigenvalue weighted by molar-refractivity contribution is 6.31. The predicted octanol–water partition coefficient (Wildman–Crippen LogP) is 5.70. The normalized spacial score (nSPS) is 11.3. The van der Waals surface area contributed by atoms with E-state index in [1.807, 2.05) is 0 Å². The second-order valence-electron chi connectivity index (χ2n) is 5.43. The van der Waals surface area contributed by atoms with Crippen molar-refractivity contribution >= 4 is 17.6 Å². The van der Waals surface area contributed by atoms with Crippen molar-refractivity contribution in [1.29, 1.82) is 0 Å². The average Bonchev–Trinajstić information content (AvgIpc) is 2.56. The molecule has 0 saturated carbocycles. The minimum Gasteiger partial charge on any atom is -0.488 e. The predicted molar refractivity (Wildman–Crippen MR) is 87.8 cm³/mol. The van der Waals surface area contributed by atoms with Gasteiger partial charge < -0.3 is 9.47 Å². The minimum absolute atomic E-state index is 0.0745. The summed E-state index contributed by atoms with van der Waals surface area (Å²) in [5, 5.41) is 0.146. The number of alkyl halides is 3. The van der Waals surface area contributed by atoms with Crippen LogP contribution in [0.5, 0.6) is 11.5 Å². The van der Waals surface area contributed by atoms with E-state index in [2.05, 4.69) is 0 Å². The molecule has 0 aliphatic carbocycles. The first-order valence-electron chi connectivity index (χ1n) is 7.61. The van der Waals surface area contributed by atoms with Crippen molar-refractivity contribution in [2.75, 3.05) is 0 Å². The number of carbonyl (C=O) groups is 1. The molecule has 0 atom stereocenters. The Labute approximate surface area is 152 Å². The fraction of sp³-hybridized carbons (Fsp3) is 0.278. The van der Waals surface area contributed by atoms with Crippen molar-refractivity contribution in [3.8, 4) is 11.5 Å². The van der Waals surface area contributed by atoms with E-state index < -0.39 is 35.9 Å². The van der Waals surface area contributed by atoms with Crippen LogP contribution in [-0.4, -0.2) is 5.97 Å². The van der Waals surface area contributed by atoms with E-state index in [0.717, 1.165) is 0 Å². The fourth-order valence-electron chi connectivity index (χ4n) is 2.12. The highest BCUT2D eigenvalue weighted by atomic mass is 35.5. The van der Waals surface area contributed by atoms with E-state index in [0.29, 0.717) is 12.1 Å². The molecule has 3 nitrogen and oxygen atoms in total. The van der Waals surface area contributed by atoms with Crippen molar-refractivity contribution in [1.82, 2.24) is 0 Å². The van der Waals surface area contributed by atoms with Gasteiger partial charge in [-0.05, 0) is 30.7 Å². The van der Waals surface area contributed by atoms with Gasteiger partial charge in [-0.25, -0.2) is 4.39 Å². The lowest BCUT2D eigenvalue weighted by molar-refractivity contribution is -0.139. The van der Waals surface area contributed by atoms with Gasteiger partial charge in [-0.1, -0.05) is 24.6 Å². The maximum absolute atomic E-state index is 13.7. The van der Waals surface area contributed by atoms with Crippen LogP contribution in [0, 0.1) is 12.7 Å². The molecule has 0 spiro atoms. The number of halogens is 5. The number of aryl methyl sites for hydroxylation is 1. The molecule has 0 aliphatic heterocycles. The smallest absolute Gasteiger partial charge is 0.419 e. The van der Waals surface area contributed by atoms with Gasteiger partial charge >= 0.3 is 12.1 Å². The van der Waals surface area contributed by atoms with Crippen molar-refractivity contribution < 1.29 is 31.8 Å². The topological polar surface area (TPSA) is 35.5 Å². The van der Waals surface area contributed by atoms with Crippen LogP contribution in [0.4, 0.5) is 17.6 Å². The Kier molecular flexibility index (Phi) is 6.13. The number of hydrogen-bond donors (Lipinski definition) is 0.